The maximum absolute atomic E-state index is 11.6. The average molecular weight is 242 g/mol. The third-order valence-electron chi connectivity index (χ3n) is 2.15. The Hall–Kier alpha value is -0.940. The van der Waals surface area contributed by atoms with Crippen molar-refractivity contribution < 1.29 is 4.79 Å². The van der Waals surface area contributed by atoms with Gasteiger partial charge in [0.1, 0.15) is 0 Å². The molecule has 1 heterocycles. The average Bonchev–Trinajstić information content (AvgIpc) is 2.68. The Kier molecular flexibility index (Phi) is 4.23. The fourth-order valence-electron chi connectivity index (χ4n) is 1.08. The van der Waals surface area contributed by atoms with Crippen molar-refractivity contribution in [2.75, 3.05) is 0 Å². The fourth-order valence-corrected chi connectivity index (χ4v) is 1.92. The van der Waals surface area contributed by atoms with E-state index in [-0.39, 0.29) is 16.9 Å². The summed E-state index contributed by atoms with van der Waals surface area (Å²) in [7, 11) is 0. The smallest absolute Gasteiger partial charge is 0.230 e. The Balaban J connectivity index is 2.56. The molecule has 0 radical (unpaired) electrons. The van der Waals surface area contributed by atoms with Gasteiger partial charge in [0.15, 0.2) is 0 Å². The fraction of sp³-hybridized carbons (Fsp3) is 0.400. The lowest BCUT2D eigenvalue weighted by molar-refractivity contribution is -0.123. The number of carbonyl (C=O) groups is 1. The van der Waals surface area contributed by atoms with Crippen LogP contribution in [0.25, 0.3) is 0 Å². The van der Waals surface area contributed by atoms with Crippen molar-refractivity contribution >= 4 is 34.5 Å². The minimum Gasteiger partial charge on any atom is -0.393 e. The third-order valence-corrected chi connectivity index (χ3v) is 3.56. The van der Waals surface area contributed by atoms with Crippen LogP contribution in [0.2, 0.25) is 0 Å². The van der Waals surface area contributed by atoms with Gasteiger partial charge in [-0.25, -0.2) is 0 Å². The molecule has 0 bridgehead atoms. The van der Waals surface area contributed by atoms with Crippen molar-refractivity contribution in [3.05, 3.63) is 22.4 Å². The van der Waals surface area contributed by atoms with E-state index in [1.165, 1.54) is 0 Å². The first kappa shape index (κ1) is 12.1. The Morgan fingerprint density at radius 3 is 2.73 bits per heavy atom. The highest BCUT2D eigenvalue weighted by Crippen LogP contribution is 2.18. The number of nitrogens with one attached hydrogen (secondary N) is 1. The zero-order valence-corrected chi connectivity index (χ0v) is 10.3. The van der Waals surface area contributed by atoms with E-state index in [4.69, 9.17) is 18.0 Å². The van der Waals surface area contributed by atoms with Crippen LogP contribution in [0.3, 0.4) is 0 Å². The summed E-state index contributed by atoms with van der Waals surface area (Å²) in [5.41, 5.74) is 5.40. The Bertz CT molecular complexity index is 348. The van der Waals surface area contributed by atoms with Gasteiger partial charge in [0.05, 0.1) is 16.9 Å². The number of carbonyl (C=O) groups excluding carboxylic acids is 1. The van der Waals surface area contributed by atoms with Gasteiger partial charge in [0, 0.05) is 4.88 Å². The Labute approximate surface area is 98.7 Å². The summed E-state index contributed by atoms with van der Waals surface area (Å²) in [6.45, 7) is 3.65. The highest BCUT2D eigenvalue weighted by molar-refractivity contribution is 7.80. The number of thiophene rings is 1. The lowest BCUT2D eigenvalue weighted by Gasteiger charge is -2.15. The lowest BCUT2D eigenvalue weighted by atomic mass is 10.1. The zero-order chi connectivity index (χ0) is 11.4. The largest absolute Gasteiger partial charge is 0.393 e. The van der Waals surface area contributed by atoms with Gasteiger partial charge < -0.3 is 11.1 Å². The number of nitrogens with two attached hydrogens (primary N) is 1. The molecule has 1 aromatic heterocycles. The minimum atomic E-state index is -0.414. The van der Waals surface area contributed by atoms with Crippen molar-refractivity contribution in [1.29, 1.82) is 0 Å². The number of amides is 1. The van der Waals surface area contributed by atoms with Gasteiger partial charge in [-0.2, -0.15) is 0 Å². The lowest BCUT2D eigenvalue weighted by Crippen LogP contribution is -2.37. The Morgan fingerprint density at radius 2 is 2.27 bits per heavy atom. The van der Waals surface area contributed by atoms with Gasteiger partial charge in [0.25, 0.3) is 0 Å². The van der Waals surface area contributed by atoms with Crippen molar-refractivity contribution in [3.63, 3.8) is 0 Å². The molecule has 1 rings (SSSR count). The van der Waals surface area contributed by atoms with Gasteiger partial charge >= 0.3 is 0 Å². The number of rotatable bonds is 4. The van der Waals surface area contributed by atoms with Crippen molar-refractivity contribution in [2.45, 2.75) is 19.9 Å². The molecule has 0 fully saturated rings. The molecule has 0 aliphatic heterocycles. The van der Waals surface area contributed by atoms with E-state index in [1.807, 2.05) is 24.4 Å². The van der Waals surface area contributed by atoms with Crippen LogP contribution in [0.1, 0.15) is 24.8 Å². The summed E-state index contributed by atoms with van der Waals surface area (Å²) in [4.78, 5) is 13.0. The normalized spacial score (nSPS) is 14.3. The van der Waals surface area contributed by atoms with E-state index in [9.17, 15) is 4.79 Å². The van der Waals surface area contributed by atoms with Crippen LogP contribution in [-0.4, -0.2) is 10.9 Å². The number of hydrogen-bond acceptors (Lipinski definition) is 3. The van der Waals surface area contributed by atoms with Gasteiger partial charge in [0.2, 0.25) is 5.91 Å². The molecule has 5 heteroatoms. The first-order valence-electron chi connectivity index (χ1n) is 4.65. The van der Waals surface area contributed by atoms with Crippen molar-refractivity contribution in [3.8, 4) is 0 Å². The molecule has 3 nitrogen and oxygen atoms in total. The Morgan fingerprint density at radius 1 is 1.60 bits per heavy atom. The maximum atomic E-state index is 11.6. The highest BCUT2D eigenvalue weighted by atomic mass is 32.1. The van der Waals surface area contributed by atoms with Crippen LogP contribution >= 0.6 is 23.6 Å². The molecule has 0 saturated carbocycles. The van der Waals surface area contributed by atoms with Crippen LogP contribution in [0.15, 0.2) is 17.5 Å². The maximum Gasteiger partial charge on any atom is 0.230 e. The van der Waals surface area contributed by atoms with Crippen LogP contribution in [0, 0.1) is 5.92 Å². The topological polar surface area (TPSA) is 55.1 Å². The second-order valence-electron chi connectivity index (χ2n) is 3.37. The predicted octanol–water partition coefficient (Wildman–Crippen LogP) is 1.85. The van der Waals surface area contributed by atoms with E-state index in [0.29, 0.717) is 0 Å². The first-order valence-corrected chi connectivity index (χ1v) is 5.94. The second kappa shape index (κ2) is 5.23. The van der Waals surface area contributed by atoms with Crippen molar-refractivity contribution in [1.82, 2.24) is 5.32 Å². The molecule has 0 spiro atoms. The molecule has 0 aliphatic carbocycles. The second-order valence-corrected chi connectivity index (χ2v) is 4.82. The quantitative estimate of drug-likeness (QED) is 0.792. The molecule has 82 valence electrons. The van der Waals surface area contributed by atoms with Crippen LogP contribution in [0.4, 0.5) is 0 Å². The molecule has 15 heavy (non-hydrogen) atoms. The van der Waals surface area contributed by atoms with Gasteiger partial charge in [-0.3, -0.25) is 4.79 Å². The highest BCUT2D eigenvalue weighted by Gasteiger charge is 2.18. The van der Waals surface area contributed by atoms with E-state index < -0.39 is 5.92 Å². The molecule has 0 saturated heterocycles. The first-order chi connectivity index (χ1) is 7.02. The predicted molar refractivity (Wildman–Crippen MR) is 66.8 cm³/mol. The van der Waals surface area contributed by atoms with E-state index in [0.717, 1.165) is 4.88 Å². The number of hydrogen-bond donors (Lipinski definition) is 2. The van der Waals surface area contributed by atoms with Gasteiger partial charge in [-0.1, -0.05) is 18.3 Å². The summed E-state index contributed by atoms with van der Waals surface area (Å²) < 4.78 is 0. The summed E-state index contributed by atoms with van der Waals surface area (Å²) in [6.07, 6.45) is 0. The molecular formula is C10H14N2OS2. The summed E-state index contributed by atoms with van der Waals surface area (Å²) >= 11 is 6.38. The van der Waals surface area contributed by atoms with Crippen LogP contribution < -0.4 is 11.1 Å². The minimum absolute atomic E-state index is 0.00861. The van der Waals surface area contributed by atoms with Gasteiger partial charge in [-0.05, 0) is 25.3 Å². The molecule has 0 aliphatic rings. The van der Waals surface area contributed by atoms with Crippen LogP contribution in [-0.2, 0) is 4.79 Å². The van der Waals surface area contributed by atoms with Gasteiger partial charge in [-0.15, -0.1) is 11.3 Å². The molecule has 1 aromatic rings. The van der Waals surface area contributed by atoms with E-state index in [1.54, 1.807) is 18.3 Å². The SMILES string of the molecule is CC(C(=O)NC(C)c1cccs1)C(N)=S. The molecule has 3 N–H and O–H groups in total. The molecule has 0 aromatic carbocycles. The summed E-state index contributed by atoms with van der Waals surface area (Å²) in [5, 5.41) is 4.85. The van der Waals surface area contributed by atoms with Crippen LogP contribution in [0.5, 0.6) is 0 Å². The standard InChI is InChI=1S/C10H14N2OS2/c1-6(9(11)14)10(13)12-7(2)8-4-3-5-15-8/h3-7H,1-2H3,(H2,11,14)(H,12,13). The zero-order valence-electron chi connectivity index (χ0n) is 8.69. The molecule has 2 unspecified atom stereocenters. The van der Waals surface area contributed by atoms with E-state index >= 15 is 0 Å². The molecular weight excluding hydrogens is 228 g/mol. The molecule has 1 amide bonds. The third kappa shape index (κ3) is 3.28. The van der Waals surface area contributed by atoms with E-state index in [2.05, 4.69) is 5.32 Å². The monoisotopic (exact) mass is 242 g/mol. The summed E-state index contributed by atoms with van der Waals surface area (Å²) in [6, 6.07) is 3.95. The number of thiocarbonyl (C=S) groups is 1. The van der Waals surface area contributed by atoms with Crippen molar-refractivity contribution in [2.24, 2.45) is 11.7 Å². The molecule has 2 atom stereocenters. The summed E-state index contributed by atoms with van der Waals surface area (Å²) in [5.74, 6) is -0.536.